The predicted octanol–water partition coefficient (Wildman–Crippen LogP) is 5.23. The maximum absolute atomic E-state index is 13.9. The molecule has 46 heavy (non-hydrogen) atoms. The van der Waals surface area contributed by atoms with E-state index < -0.39 is 53.0 Å². The van der Waals surface area contributed by atoms with Crippen LogP contribution >= 0.6 is 11.8 Å². The molecule has 3 aromatic carbocycles. The topological polar surface area (TPSA) is 123 Å². The first-order valence-corrected chi connectivity index (χ1v) is 16.1. The highest BCUT2D eigenvalue weighted by molar-refractivity contribution is 8.00. The number of fused-ring (bicyclic) bond motifs is 1. The summed E-state index contributed by atoms with van der Waals surface area (Å²) in [4.78, 5) is 55.2. The lowest BCUT2D eigenvalue weighted by Crippen LogP contribution is -2.71. The first kappa shape index (κ1) is 32.6. The van der Waals surface area contributed by atoms with Crippen molar-refractivity contribution in [1.82, 2.24) is 15.5 Å². The Kier molecular flexibility index (Phi) is 10.0. The fourth-order valence-electron chi connectivity index (χ4n) is 5.22. The molecule has 1 fully saturated rings. The highest BCUT2D eigenvalue weighted by atomic mass is 32.2. The number of nitrogens with one attached hydrogen (secondary N) is 2. The van der Waals surface area contributed by atoms with Crippen molar-refractivity contribution in [1.29, 1.82) is 0 Å². The minimum absolute atomic E-state index is 0.0180. The van der Waals surface area contributed by atoms with Crippen LogP contribution in [0.4, 0.5) is 4.79 Å². The number of carbonyl (C=O) groups is 4. The number of esters is 1. The Morgan fingerprint density at radius 1 is 0.891 bits per heavy atom. The third-order valence-electron chi connectivity index (χ3n) is 7.23. The summed E-state index contributed by atoms with van der Waals surface area (Å²) in [7, 11) is 0. The van der Waals surface area contributed by atoms with Crippen molar-refractivity contribution in [2.45, 2.75) is 56.9 Å². The second-order valence-electron chi connectivity index (χ2n) is 11.7. The third-order valence-corrected chi connectivity index (χ3v) is 8.48. The number of hydrogen-bond donors (Lipinski definition) is 2. The molecular weight excluding hydrogens is 606 g/mol. The molecule has 2 aliphatic rings. The highest BCUT2D eigenvalue weighted by Crippen LogP contribution is 2.42. The Morgan fingerprint density at radius 3 is 1.96 bits per heavy atom. The van der Waals surface area contributed by atoms with Crippen LogP contribution < -0.4 is 10.6 Å². The van der Waals surface area contributed by atoms with Gasteiger partial charge in [-0.1, -0.05) is 91.0 Å². The van der Waals surface area contributed by atoms with E-state index in [1.165, 1.54) is 16.7 Å². The van der Waals surface area contributed by atoms with Gasteiger partial charge in [0.1, 0.15) is 28.8 Å². The van der Waals surface area contributed by atoms with Crippen LogP contribution in [0.1, 0.15) is 56.5 Å². The molecule has 3 atom stereocenters. The van der Waals surface area contributed by atoms with E-state index in [0.717, 1.165) is 11.1 Å². The van der Waals surface area contributed by atoms with Gasteiger partial charge in [0.2, 0.25) is 5.91 Å². The summed E-state index contributed by atoms with van der Waals surface area (Å²) in [6, 6.07) is 25.3. The molecule has 3 amide bonds. The molecule has 3 aromatic rings. The lowest BCUT2D eigenvalue weighted by Gasteiger charge is -2.49. The molecule has 0 aliphatic carbocycles. The van der Waals surface area contributed by atoms with E-state index in [-0.39, 0.29) is 12.3 Å². The van der Waals surface area contributed by atoms with Gasteiger partial charge in [-0.25, -0.2) is 9.59 Å². The summed E-state index contributed by atoms with van der Waals surface area (Å²) in [5.41, 5.74) is 1.30. The Hall–Kier alpha value is -4.77. The summed E-state index contributed by atoms with van der Waals surface area (Å²) >= 11 is 1.36. The number of ether oxygens (including phenoxy) is 3. The number of nitrogens with zero attached hydrogens (tertiary/aromatic N) is 1. The van der Waals surface area contributed by atoms with Gasteiger partial charge in [0, 0.05) is 0 Å². The summed E-state index contributed by atoms with van der Waals surface area (Å²) in [6.07, 6.45) is -1.50. The van der Waals surface area contributed by atoms with E-state index in [9.17, 15) is 19.2 Å². The zero-order valence-electron chi connectivity index (χ0n) is 26.1. The Bertz CT molecular complexity index is 1550. The number of benzene rings is 3. The van der Waals surface area contributed by atoms with Gasteiger partial charge in [-0.3, -0.25) is 14.5 Å². The first-order chi connectivity index (χ1) is 22.1. The summed E-state index contributed by atoms with van der Waals surface area (Å²) < 4.78 is 17.3. The van der Waals surface area contributed by atoms with Gasteiger partial charge >= 0.3 is 12.1 Å². The van der Waals surface area contributed by atoms with Crippen molar-refractivity contribution in [3.63, 3.8) is 0 Å². The molecule has 0 bridgehead atoms. The molecule has 11 heteroatoms. The lowest BCUT2D eigenvalue weighted by molar-refractivity contribution is -0.155. The number of amides is 3. The smallest absolute Gasteiger partial charge is 0.408 e. The number of carbonyl (C=O) groups excluding carboxylic acids is 4. The van der Waals surface area contributed by atoms with Crippen molar-refractivity contribution in [2.75, 3.05) is 12.4 Å². The average molecular weight is 644 g/mol. The molecule has 1 saturated heterocycles. The number of thioether (sulfide) groups is 1. The SMILES string of the molecule is CCOC1=C(C(=O)OC(c2ccccc2)c2ccccc2)N2C(=O)[C@@H](NC(=O)C(NC(=O)OC(C)(C)C)c3ccccc3)[C@@H]2SC1. The van der Waals surface area contributed by atoms with Crippen molar-refractivity contribution < 1.29 is 33.4 Å². The minimum Gasteiger partial charge on any atom is -0.495 e. The van der Waals surface area contributed by atoms with Crippen molar-refractivity contribution >= 4 is 35.6 Å². The zero-order chi connectivity index (χ0) is 32.8. The quantitative estimate of drug-likeness (QED) is 0.227. The minimum atomic E-state index is -1.12. The van der Waals surface area contributed by atoms with Crippen LogP contribution in [0.2, 0.25) is 0 Å². The molecule has 5 rings (SSSR count). The van der Waals surface area contributed by atoms with Crippen LogP contribution in [0.25, 0.3) is 0 Å². The van der Waals surface area contributed by atoms with E-state index in [1.807, 2.05) is 60.7 Å². The van der Waals surface area contributed by atoms with Crippen LogP contribution in [0.3, 0.4) is 0 Å². The number of rotatable bonds is 10. The summed E-state index contributed by atoms with van der Waals surface area (Å²) in [6.45, 7) is 7.25. The van der Waals surface area contributed by atoms with Crippen LogP contribution in [0.15, 0.2) is 102 Å². The Morgan fingerprint density at radius 2 is 1.43 bits per heavy atom. The maximum Gasteiger partial charge on any atom is 0.408 e. The highest BCUT2D eigenvalue weighted by Gasteiger charge is 2.55. The molecule has 0 radical (unpaired) electrons. The predicted molar refractivity (Wildman–Crippen MR) is 173 cm³/mol. The van der Waals surface area contributed by atoms with E-state index in [2.05, 4.69) is 10.6 Å². The van der Waals surface area contributed by atoms with Crippen LogP contribution in [-0.2, 0) is 28.6 Å². The normalized spacial score (nSPS) is 18.2. The lowest BCUT2D eigenvalue weighted by atomic mass is 10.0. The first-order valence-electron chi connectivity index (χ1n) is 15.0. The van der Waals surface area contributed by atoms with Crippen LogP contribution in [0, 0.1) is 0 Å². The van der Waals surface area contributed by atoms with Gasteiger partial charge in [0.25, 0.3) is 5.91 Å². The van der Waals surface area contributed by atoms with Crippen LogP contribution in [0.5, 0.6) is 0 Å². The molecule has 2 heterocycles. The summed E-state index contributed by atoms with van der Waals surface area (Å²) in [5, 5.41) is 4.83. The summed E-state index contributed by atoms with van der Waals surface area (Å²) in [5.74, 6) is -1.17. The second kappa shape index (κ2) is 14.1. The maximum atomic E-state index is 13.9. The van der Waals surface area contributed by atoms with Gasteiger partial charge < -0.3 is 24.8 Å². The van der Waals surface area contributed by atoms with Gasteiger partial charge in [-0.15, -0.1) is 11.8 Å². The number of β-lactam (4-membered cyclic amide) rings is 1. The zero-order valence-corrected chi connectivity index (χ0v) is 26.9. The Labute approximate surface area is 272 Å². The van der Waals surface area contributed by atoms with Crippen molar-refractivity contribution in [3.8, 4) is 0 Å². The molecule has 2 N–H and O–H groups in total. The number of alkyl carbamates (subject to hydrolysis) is 1. The fraction of sp³-hybridized carbons (Fsp3) is 0.314. The average Bonchev–Trinajstić information content (AvgIpc) is 3.05. The van der Waals surface area contributed by atoms with Crippen molar-refractivity contribution in [3.05, 3.63) is 119 Å². The van der Waals surface area contributed by atoms with E-state index in [4.69, 9.17) is 14.2 Å². The van der Waals surface area contributed by atoms with E-state index >= 15 is 0 Å². The van der Waals surface area contributed by atoms with Crippen molar-refractivity contribution in [2.24, 2.45) is 0 Å². The molecule has 2 aliphatic heterocycles. The third kappa shape index (κ3) is 7.37. The second-order valence-corrected chi connectivity index (χ2v) is 12.8. The standard InChI is InChI=1S/C35H37N3O7S/c1-5-43-25-21-46-32-27(36-30(39)26(22-15-9-6-10-16-22)37-34(42)45-35(2,3)4)31(40)38(32)28(25)33(41)44-29(23-17-11-7-12-18-23)24-19-13-8-14-20-24/h6-20,26-27,29,32H,5,21H2,1-4H3,(H,36,39)(H,37,42)/t26?,27-,32+/m1/s1. The van der Waals surface area contributed by atoms with Gasteiger partial charge in [-0.2, -0.15) is 0 Å². The fourth-order valence-corrected chi connectivity index (χ4v) is 6.50. The number of hydrogen-bond acceptors (Lipinski definition) is 8. The molecule has 0 aromatic heterocycles. The molecule has 240 valence electrons. The van der Waals surface area contributed by atoms with Crippen LogP contribution in [-0.4, -0.2) is 58.2 Å². The van der Waals surface area contributed by atoms with Gasteiger partial charge in [0.15, 0.2) is 11.8 Å². The monoisotopic (exact) mass is 643 g/mol. The van der Waals surface area contributed by atoms with Gasteiger partial charge in [-0.05, 0) is 44.4 Å². The molecule has 1 unspecified atom stereocenters. The largest absolute Gasteiger partial charge is 0.495 e. The molecule has 10 nitrogen and oxygen atoms in total. The van der Waals surface area contributed by atoms with E-state index in [1.54, 1.807) is 58.0 Å². The molecular formula is C35H37N3O7S. The molecule has 0 spiro atoms. The Balaban J connectivity index is 1.37. The molecule has 0 saturated carbocycles. The van der Waals surface area contributed by atoms with Gasteiger partial charge in [0.05, 0.1) is 12.4 Å². The van der Waals surface area contributed by atoms with E-state index in [0.29, 0.717) is 17.1 Å².